The van der Waals surface area contributed by atoms with E-state index in [2.05, 4.69) is 139 Å². The number of benzene rings is 4. The second-order valence-electron chi connectivity index (χ2n) is 10.2. The van der Waals surface area contributed by atoms with Crippen LogP contribution in [0.2, 0.25) is 0 Å². The van der Waals surface area contributed by atoms with Crippen molar-refractivity contribution in [1.82, 2.24) is 0 Å². The summed E-state index contributed by atoms with van der Waals surface area (Å²) in [4.78, 5) is 2.66. The Balaban J connectivity index is 1.49. The zero-order valence-corrected chi connectivity index (χ0v) is 20.4. The normalized spacial score (nSPS) is 27.5. The average molecular weight is 468 g/mol. The van der Waals surface area contributed by atoms with Gasteiger partial charge in [0.05, 0.1) is 11.3 Å². The van der Waals surface area contributed by atoms with Crippen LogP contribution in [0.3, 0.4) is 0 Å². The van der Waals surface area contributed by atoms with Gasteiger partial charge in [-0.25, -0.2) is 0 Å². The van der Waals surface area contributed by atoms with Gasteiger partial charge in [0.25, 0.3) is 0 Å². The van der Waals surface area contributed by atoms with Crippen molar-refractivity contribution in [3.05, 3.63) is 131 Å². The van der Waals surface area contributed by atoms with Crippen molar-refractivity contribution in [3.8, 4) is 0 Å². The lowest BCUT2D eigenvalue weighted by Crippen LogP contribution is -2.47. The molecule has 1 saturated heterocycles. The summed E-state index contributed by atoms with van der Waals surface area (Å²) in [5.74, 6) is 0.420. The first-order chi connectivity index (χ1) is 17.2. The standard InChI is InChI=1S/C33H25NS/c1-33-20-9-8-17-26(33)30-24-15-5-4-14-23(24)29-25-16-6-7-18-28(25)34(31(29)32(30)35-33)27-19-10-12-21-11-2-3-13-22(21)27/h2-20,26,31-32H,1H3. The molecule has 0 radical (unpaired) electrons. The Labute approximate surface area is 209 Å². The maximum absolute atomic E-state index is 2.66. The molecule has 1 fully saturated rings. The summed E-state index contributed by atoms with van der Waals surface area (Å²) in [6.07, 6.45) is 9.36. The maximum Gasteiger partial charge on any atom is 0.0761 e. The summed E-state index contributed by atoms with van der Waals surface area (Å²) in [7, 11) is 0. The number of fused-ring (bicyclic) bond motifs is 9. The molecular formula is C33H25NS. The van der Waals surface area contributed by atoms with E-state index in [9.17, 15) is 0 Å². The molecule has 2 heteroatoms. The predicted molar refractivity (Wildman–Crippen MR) is 149 cm³/mol. The van der Waals surface area contributed by atoms with E-state index in [1.165, 1.54) is 43.7 Å². The minimum Gasteiger partial charge on any atom is -0.331 e. The topological polar surface area (TPSA) is 3.24 Å². The fourth-order valence-electron chi connectivity index (χ4n) is 6.92. The molecule has 2 aliphatic carbocycles. The number of nitrogens with zero attached hydrogens (tertiary/aromatic N) is 1. The fraction of sp³-hybridized carbons (Fsp3) is 0.152. The lowest BCUT2D eigenvalue weighted by molar-refractivity contribution is 0.678. The summed E-state index contributed by atoms with van der Waals surface area (Å²) < 4.78 is 0.0799. The molecule has 0 saturated carbocycles. The van der Waals surface area contributed by atoms with Crippen LogP contribution >= 0.6 is 11.8 Å². The number of anilines is 2. The van der Waals surface area contributed by atoms with Crippen molar-refractivity contribution in [2.24, 2.45) is 5.92 Å². The Morgan fingerprint density at radius 3 is 2.43 bits per heavy atom. The van der Waals surface area contributed by atoms with Crippen LogP contribution in [0, 0.1) is 5.92 Å². The van der Waals surface area contributed by atoms with Crippen LogP contribution in [0.1, 0.15) is 12.5 Å². The quantitative estimate of drug-likeness (QED) is 0.321. The molecule has 0 aromatic heterocycles. The zero-order chi connectivity index (χ0) is 23.1. The van der Waals surface area contributed by atoms with Crippen LogP contribution in [-0.2, 0) is 0 Å². The van der Waals surface area contributed by atoms with Crippen LogP contribution in [0.5, 0.6) is 0 Å². The summed E-state index contributed by atoms with van der Waals surface area (Å²) in [5, 5.41) is 5.85. The van der Waals surface area contributed by atoms with Crippen molar-refractivity contribution >= 4 is 45.1 Å². The van der Waals surface area contributed by atoms with Gasteiger partial charge in [0.15, 0.2) is 0 Å². The number of thioether (sulfide) groups is 1. The molecule has 0 spiro atoms. The van der Waals surface area contributed by atoms with Crippen LogP contribution in [-0.4, -0.2) is 16.0 Å². The molecule has 0 N–H and O–H groups in total. The molecular weight excluding hydrogens is 442 g/mol. The van der Waals surface area contributed by atoms with Gasteiger partial charge in [0, 0.05) is 33.0 Å². The van der Waals surface area contributed by atoms with Gasteiger partial charge in [-0.1, -0.05) is 103 Å². The smallest absolute Gasteiger partial charge is 0.0761 e. The number of para-hydroxylation sites is 1. The molecule has 4 unspecified atom stereocenters. The molecule has 35 heavy (non-hydrogen) atoms. The van der Waals surface area contributed by atoms with Crippen molar-refractivity contribution in [1.29, 1.82) is 0 Å². The van der Waals surface area contributed by atoms with Crippen molar-refractivity contribution in [2.75, 3.05) is 4.90 Å². The second kappa shape index (κ2) is 7.02. The van der Waals surface area contributed by atoms with E-state index < -0.39 is 0 Å². The predicted octanol–water partition coefficient (Wildman–Crippen LogP) is 6.34. The van der Waals surface area contributed by atoms with E-state index >= 15 is 0 Å². The molecule has 0 amide bonds. The van der Waals surface area contributed by atoms with E-state index in [0.717, 1.165) is 0 Å². The number of hydrogen-bond donors (Lipinski definition) is 0. The molecule has 4 atom stereocenters. The first-order valence-electron chi connectivity index (χ1n) is 12.5. The Morgan fingerprint density at radius 2 is 1.49 bits per heavy atom. The number of rotatable bonds is 1. The first-order valence-corrected chi connectivity index (χ1v) is 13.4. The van der Waals surface area contributed by atoms with E-state index in [-0.39, 0.29) is 10.8 Å². The van der Waals surface area contributed by atoms with Gasteiger partial charge in [-0.15, -0.1) is 11.8 Å². The monoisotopic (exact) mass is 467 g/mol. The van der Waals surface area contributed by atoms with Crippen LogP contribution < -0.4 is 15.3 Å². The lowest BCUT2D eigenvalue weighted by atomic mass is 9.76. The summed E-state index contributed by atoms with van der Waals surface area (Å²) >= 11 is 2.16. The third kappa shape index (κ3) is 2.56. The molecule has 168 valence electrons. The van der Waals surface area contributed by atoms with E-state index in [1.807, 2.05) is 0 Å². The zero-order valence-electron chi connectivity index (χ0n) is 19.6. The average Bonchev–Trinajstić information content (AvgIpc) is 3.41. The summed E-state index contributed by atoms with van der Waals surface area (Å²) in [6.45, 7) is 2.43. The minimum absolute atomic E-state index is 0.0799. The third-order valence-corrected chi connectivity index (χ3v) is 10.0. The third-order valence-electron chi connectivity index (χ3n) is 8.35. The first kappa shape index (κ1) is 19.8. The van der Waals surface area contributed by atoms with Crippen LogP contribution in [0.4, 0.5) is 11.4 Å². The molecule has 4 aliphatic rings. The largest absolute Gasteiger partial charge is 0.331 e. The van der Waals surface area contributed by atoms with Gasteiger partial charge in [-0.3, -0.25) is 0 Å². The van der Waals surface area contributed by atoms with Crippen molar-refractivity contribution < 1.29 is 0 Å². The lowest BCUT2D eigenvalue weighted by Gasteiger charge is -2.35. The molecule has 2 heterocycles. The Hall–Kier alpha value is -3.49. The molecule has 4 aromatic carbocycles. The Morgan fingerprint density at radius 1 is 0.743 bits per heavy atom. The minimum atomic E-state index is 0.0799. The van der Waals surface area contributed by atoms with Crippen molar-refractivity contribution in [3.63, 3.8) is 0 Å². The highest BCUT2D eigenvalue weighted by atomic mass is 32.2. The van der Waals surface area contributed by atoms with Gasteiger partial charge in [0.2, 0.25) is 0 Å². The van der Waals surface area contributed by atoms with Gasteiger partial charge in [-0.05, 0) is 46.0 Å². The highest BCUT2D eigenvalue weighted by Crippen LogP contribution is 2.60. The maximum atomic E-state index is 2.66. The van der Waals surface area contributed by atoms with Gasteiger partial charge in [-0.2, -0.15) is 0 Å². The highest BCUT2D eigenvalue weighted by Gasteiger charge is 2.54. The van der Waals surface area contributed by atoms with Gasteiger partial charge >= 0.3 is 0 Å². The second-order valence-corrected chi connectivity index (χ2v) is 11.8. The Kier molecular flexibility index (Phi) is 3.97. The van der Waals surface area contributed by atoms with Crippen molar-refractivity contribution in [2.45, 2.75) is 23.0 Å². The van der Waals surface area contributed by atoms with E-state index in [4.69, 9.17) is 0 Å². The van der Waals surface area contributed by atoms with Gasteiger partial charge in [0.1, 0.15) is 0 Å². The molecule has 2 aliphatic heterocycles. The molecule has 8 rings (SSSR count). The van der Waals surface area contributed by atoms with E-state index in [1.54, 1.807) is 5.57 Å². The molecule has 0 bridgehead atoms. The fourth-order valence-corrected chi connectivity index (χ4v) is 8.76. The van der Waals surface area contributed by atoms with Gasteiger partial charge < -0.3 is 4.90 Å². The van der Waals surface area contributed by atoms with Crippen LogP contribution in [0.25, 0.3) is 21.9 Å². The van der Waals surface area contributed by atoms with E-state index in [0.29, 0.717) is 11.2 Å². The van der Waals surface area contributed by atoms with Crippen LogP contribution in [0.15, 0.2) is 115 Å². The summed E-state index contributed by atoms with van der Waals surface area (Å²) in [6, 6.07) is 34.0. The number of allylic oxidation sites excluding steroid dienone is 3. The molecule has 4 aromatic rings. The highest BCUT2D eigenvalue weighted by molar-refractivity contribution is 8.02. The summed E-state index contributed by atoms with van der Waals surface area (Å²) in [5.41, 5.74) is 7.09. The Bertz CT molecular complexity index is 1720. The SMILES string of the molecule is CC12C=CC=CC1C1=c3ccccc3=C3c4ccccc4N(c4cccc5ccccc45)C3C1S2. The number of hydrogen-bond acceptors (Lipinski definition) is 2. The molecule has 1 nitrogen and oxygen atoms in total.